The maximum atomic E-state index is 12.7. The average molecular weight is 346 g/mol. The normalized spacial score (nSPS) is 10.2. The van der Waals surface area contributed by atoms with Crippen LogP contribution in [0.2, 0.25) is 0 Å². The van der Waals surface area contributed by atoms with E-state index in [-0.39, 0.29) is 11.8 Å². The fourth-order valence-electron chi connectivity index (χ4n) is 2.51. The molecule has 2 amide bonds. The second-order valence-electron chi connectivity index (χ2n) is 5.73. The molecule has 2 heterocycles. The molecule has 0 aliphatic rings. The number of benzene rings is 1. The van der Waals surface area contributed by atoms with Crippen LogP contribution in [0.3, 0.4) is 0 Å². The molecule has 0 saturated carbocycles. The van der Waals surface area contributed by atoms with Crippen LogP contribution in [0.25, 0.3) is 0 Å². The Bertz CT molecular complexity index is 841. The molecule has 26 heavy (non-hydrogen) atoms. The molecule has 6 heteroatoms. The molecule has 130 valence electrons. The summed E-state index contributed by atoms with van der Waals surface area (Å²) in [6.45, 7) is 0. The van der Waals surface area contributed by atoms with E-state index >= 15 is 0 Å². The van der Waals surface area contributed by atoms with E-state index in [1.165, 1.54) is 9.80 Å². The van der Waals surface area contributed by atoms with Gasteiger partial charge in [-0.25, -0.2) is 0 Å². The van der Waals surface area contributed by atoms with E-state index in [0.29, 0.717) is 22.5 Å². The van der Waals surface area contributed by atoms with Crippen LogP contribution in [-0.4, -0.2) is 35.9 Å². The number of nitrogens with zero attached hydrogens (tertiary/aromatic N) is 4. The molecule has 0 radical (unpaired) electrons. The van der Waals surface area contributed by atoms with Crippen LogP contribution in [0.5, 0.6) is 0 Å². The van der Waals surface area contributed by atoms with Crippen molar-refractivity contribution in [3.63, 3.8) is 0 Å². The third kappa shape index (κ3) is 3.59. The largest absolute Gasteiger partial charge is 0.310 e. The van der Waals surface area contributed by atoms with Gasteiger partial charge in [-0.1, -0.05) is 6.07 Å². The standard InChI is InChI=1S/C20H18N4O2/c1-23(17-8-4-10-21-13-17)19(25)15-6-3-7-16(12-15)20(26)24(2)18-9-5-11-22-14-18/h3-14H,1-2H3. The molecule has 6 nitrogen and oxygen atoms in total. The summed E-state index contributed by atoms with van der Waals surface area (Å²) in [6.07, 6.45) is 6.52. The second-order valence-corrected chi connectivity index (χ2v) is 5.73. The van der Waals surface area contributed by atoms with E-state index in [1.54, 1.807) is 87.4 Å². The SMILES string of the molecule is CN(C(=O)c1cccc(C(=O)N(C)c2cccnc2)c1)c1cccnc1. The van der Waals surface area contributed by atoms with Gasteiger partial charge in [0.2, 0.25) is 0 Å². The molecule has 0 unspecified atom stereocenters. The van der Waals surface area contributed by atoms with Gasteiger partial charge in [-0.3, -0.25) is 19.6 Å². The van der Waals surface area contributed by atoms with Crippen LogP contribution in [-0.2, 0) is 0 Å². The van der Waals surface area contributed by atoms with Crippen LogP contribution in [0.4, 0.5) is 11.4 Å². The highest BCUT2D eigenvalue weighted by atomic mass is 16.2. The van der Waals surface area contributed by atoms with E-state index in [0.717, 1.165) is 0 Å². The lowest BCUT2D eigenvalue weighted by atomic mass is 10.1. The monoisotopic (exact) mass is 346 g/mol. The van der Waals surface area contributed by atoms with Crippen LogP contribution in [0.1, 0.15) is 20.7 Å². The Morgan fingerprint density at radius 1 is 0.731 bits per heavy atom. The Hall–Kier alpha value is -3.54. The minimum atomic E-state index is -0.211. The molecule has 0 atom stereocenters. The maximum Gasteiger partial charge on any atom is 0.258 e. The molecule has 0 bridgehead atoms. The predicted octanol–water partition coefficient (Wildman–Crippen LogP) is 3.03. The van der Waals surface area contributed by atoms with Crippen molar-refractivity contribution in [3.8, 4) is 0 Å². The number of hydrogen-bond donors (Lipinski definition) is 0. The summed E-state index contributed by atoms with van der Waals surface area (Å²) in [6, 6.07) is 13.8. The summed E-state index contributed by atoms with van der Waals surface area (Å²) in [5.74, 6) is -0.423. The number of amides is 2. The first kappa shape index (κ1) is 17.3. The van der Waals surface area contributed by atoms with Crippen molar-refractivity contribution in [1.82, 2.24) is 9.97 Å². The number of aromatic nitrogens is 2. The molecule has 3 rings (SSSR count). The number of hydrogen-bond acceptors (Lipinski definition) is 4. The van der Waals surface area contributed by atoms with Crippen molar-refractivity contribution >= 4 is 23.2 Å². The second kappa shape index (κ2) is 7.57. The molecule has 0 spiro atoms. The summed E-state index contributed by atoms with van der Waals surface area (Å²) >= 11 is 0. The number of carbonyl (C=O) groups is 2. The highest BCUT2D eigenvalue weighted by Crippen LogP contribution is 2.17. The van der Waals surface area contributed by atoms with Gasteiger partial charge < -0.3 is 9.80 Å². The fourth-order valence-corrected chi connectivity index (χ4v) is 2.51. The number of rotatable bonds is 4. The van der Waals surface area contributed by atoms with Crippen molar-refractivity contribution in [2.45, 2.75) is 0 Å². The zero-order valence-corrected chi connectivity index (χ0v) is 14.5. The Balaban J connectivity index is 1.84. The van der Waals surface area contributed by atoms with Crippen molar-refractivity contribution in [3.05, 3.63) is 84.4 Å². The predicted molar refractivity (Wildman–Crippen MR) is 100 cm³/mol. The van der Waals surface area contributed by atoms with E-state index in [2.05, 4.69) is 9.97 Å². The van der Waals surface area contributed by atoms with Gasteiger partial charge in [0.05, 0.1) is 23.8 Å². The minimum Gasteiger partial charge on any atom is -0.310 e. The van der Waals surface area contributed by atoms with Crippen LogP contribution in [0, 0.1) is 0 Å². The average Bonchev–Trinajstić information content (AvgIpc) is 2.73. The van der Waals surface area contributed by atoms with Crippen molar-refractivity contribution in [2.24, 2.45) is 0 Å². The van der Waals surface area contributed by atoms with E-state index < -0.39 is 0 Å². The fraction of sp³-hybridized carbons (Fsp3) is 0.100. The quantitative estimate of drug-likeness (QED) is 0.728. The molecular weight excluding hydrogens is 328 g/mol. The summed E-state index contributed by atoms with van der Waals surface area (Å²) in [5.41, 5.74) is 2.23. The van der Waals surface area contributed by atoms with E-state index in [4.69, 9.17) is 0 Å². The molecule has 0 aliphatic heterocycles. The van der Waals surface area contributed by atoms with E-state index in [9.17, 15) is 9.59 Å². The first-order chi connectivity index (χ1) is 12.6. The van der Waals surface area contributed by atoms with Crippen molar-refractivity contribution in [1.29, 1.82) is 0 Å². The highest BCUT2D eigenvalue weighted by Gasteiger charge is 2.18. The lowest BCUT2D eigenvalue weighted by molar-refractivity contribution is 0.0992. The molecule has 0 N–H and O–H groups in total. The third-order valence-corrected chi connectivity index (χ3v) is 4.03. The molecule has 0 fully saturated rings. The van der Waals surface area contributed by atoms with Crippen molar-refractivity contribution < 1.29 is 9.59 Å². The van der Waals surface area contributed by atoms with Gasteiger partial charge in [0.25, 0.3) is 11.8 Å². The Labute approximate surface area is 151 Å². The Morgan fingerprint density at radius 3 is 1.58 bits per heavy atom. The summed E-state index contributed by atoms with van der Waals surface area (Å²) in [4.78, 5) is 36.5. The smallest absolute Gasteiger partial charge is 0.258 e. The van der Waals surface area contributed by atoms with Crippen LogP contribution < -0.4 is 9.80 Å². The summed E-state index contributed by atoms with van der Waals surface area (Å²) in [7, 11) is 3.35. The molecule has 0 saturated heterocycles. The number of pyridine rings is 2. The van der Waals surface area contributed by atoms with Gasteiger partial charge in [-0.2, -0.15) is 0 Å². The molecule has 2 aromatic heterocycles. The molecule has 3 aromatic rings. The number of anilines is 2. The lowest BCUT2D eigenvalue weighted by Gasteiger charge is -2.19. The highest BCUT2D eigenvalue weighted by molar-refractivity contribution is 6.10. The summed E-state index contributed by atoms with van der Waals surface area (Å²) in [5, 5.41) is 0. The maximum absolute atomic E-state index is 12.7. The first-order valence-corrected chi connectivity index (χ1v) is 8.04. The van der Waals surface area contributed by atoms with Gasteiger partial charge in [0.15, 0.2) is 0 Å². The first-order valence-electron chi connectivity index (χ1n) is 8.04. The van der Waals surface area contributed by atoms with Crippen molar-refractivity contribution in [2.75, 3.05) is 23.9 Å². The summed E-state index contributed by atoms with van der Waals surface area (Å²) < 4.78 is 0. The molecule has 1 aromatic carbocycles. The third-order valence-electron chi connectivity index (χ3n) is 4.03. The van der Waals surface area contributed by atoms with Gasteiger partial charge >= 0.3 is 0 Å². The van der Waals surface area contributed by atoms with Gasteiger partial charge in [0.1, 0.15) is 0 Å². The zero-order valence-electron chi connectivity index (χ0n) is 14.5. The molecular formula is C20H18N4O2. The van der Waals surface area contributed by atoms with Crippen LogP contribution in [0.15, 0.2) is 73.3 Å². The zero-order chi connectivity index (χ0) is 18.5. The Kier molecular flexibility index (Phi) is 5.03. The van der Waals surface area contributed by atoms with Gasteiger partial charge in [-0.05, 0) is 42.5 Å². The van der Waals surface area contributed by atoms with E-state index in [1.807, 2.05) is 0 Å². The van der Waals surface area contributed by atoms with Gasteiger partial charge in [-0.15, -0.1) is 0 Å². The lowest BCUT2D eigenvalue weighted by Crippen LogP contribution is -2.28. The van der Waals surface area contributed by atoms with Crippen LogP contribution >= 0.6 is 0 Å². The number of carbonyl (C=O) groups excluding carboxylic acids is 2. The molecule has 0 aliphatic carbocycles. The minimum absolute atomic E-state index is 0.211. The Morgan fingerprint density at radius 2 is 1.19 bits per heavy atom. The topological polar surface area (TPSA) is 66.4 Å². The van der Waals surface area contributed by atoms with Gasteiger partial charge in [0, 0.05) is 37.6 Å².